The number of piperazine rings is 1. The molecule has 0 aliphatic carbocycles. The van der Waals surface area contributed by atoms with Gasteiger partial charge in [0.05, 0.1) is 0 Å². The number of hydrogen-bond donors (Lipinski definition) is 2. The van der Waals surface area contributed by atoms with Crippen LogP contribution in [-0.2, 0) is 0 Å². The summed E-state index contributed by atoms with van der Waals surface area (Å²) in [4.78, 5) is 9.02. The number of hydrogen-bond acceptors (Lipinski definition) is 5. The van der Waals surface area contributed by atoms with E-state index in [1.54, 1.807) is 12.3 Å². The van der Waals surface area contributed by atoms with Crippen LogP contribution in [0.3, 0.4) is 0 Å². The van der Waals surface area contributed by atoms with E-state index in [1.165, 1.54) is 0 Å². The molecule has 1 unspecified atom stereocenters. The summed E-state index contributed by atoms with van der Waals surface area (Å²) >= 11 is 0. The number of nitrogens with zero attached hydrogens (tertiary/aromatic N) is 4. The third-order valence-electron chi connectivity index (χ3n) is 3.72. The second-order valence-corrected chi connectivity index (χ2v) is 4.88. The van der Waals surface area contributed by atoms with Crippen molar-refractivity contribution in [2.45, 2.75) is 19.4 Å². The van der Waals surface area contributed by atoms with Gasteiger partial charge in [0.2, 0.25) is 0 Å². The van der Waals surface area contributed by atoms with Crippen LogP contribution in [0, 0.1) is 0 Å². The maximum atomic E-state index is 8.73. The van der Waals surface area contributed by atoms with Crippen LogP contribution in [0.5, 0.6) is 0 Å². The highest BCUT2D eigenvalue weighted by atomic mass is 16.4. The second-order valence-electron chi connectivity index (χ2n) is 4.88. The molecule has 0 spiro atoms. The second kappa shape index (κ2) is 5.88. The van der Waals surface area contributed by atoms with Crippen LogP contribution in [0.2, 0.25) is 0 Å². The van der Waals surface area contributed by atoms with Crippen molar-refractivity contribution in [3.63, 3.8) is 0 Å². The van der Waals surface area contributed by atoms with E-state index in [2.05, 4.69) is 33.9 Å². The fourth-order valence-electron chi connectivity index (χ4n) is 2.40. The van der Waals surface area contributed by atoms with E-state index < -0.39 is 0 Å². The molecular weight excluding hydrogens is 242 g/mol. The van der Waals surface area contributed by atoms with E-state index >= 15 is 0 Å². The predicted molar refractivity (Wildman–Crippen MR) is 75.7 cm³/mol. The molecule has 0 bridgehead atoms. The van der Waals surface area contributed by atoms with Crippen molar-refractivity contribution >= 4 is 11.7 Å². The maximum Gasteiger partial charge on any atom is 0.170 e. The molecule has 2 heterocycles. The Morgan fingerprint density at radius 2 is 2.37 bits per heavy atom. The topological polar surface area (TPSA) is 78.0 Å². The van der Waals surface area contributed by atoms with Crippen molar-refractivity contribution in [3.8, 4) is 0 Å². The molecule has 0 saturated carbocycles. The molecule has 0 aromatic carbocycles. The van der Waals surface area contributed by atoms with Crippen LogP contribution in [0.1, 0.15) is 18.9 Å². The highest BCUT2D eigenvalue weighted by molar-refractivity contribution is 5.97. The number of rotatable bonds is 3. The molecule has 0 radical (unpaired) electrons. The molecular formula is C13H21N5O. The average Bonchev–Trinajstić information content (AvgIpc) is 2.47. The molecule has 1 saturated heterocycles. The van der Waals surface area contributed by atoms with Crippen LogP contribution in [-0.4, -0.2) is 53.7 Å². The minimum atomic E-state index is 0.116. The van der Waals surface area contributed by atoms with Gasteiger partial charge in [0.15, 0.2) is 5.84 Å². The van der Waals surface area contributed by atoms with Gasteiger partial charge < -0.3 is 15.8 Å². The Hall–Kier alpha value is -1.82. The van der Waals surface area contributed by atoms with E-state index in [0.717, 1.165) is 31.9 Å². The molecule has 1 aromatic rings. The van der Waals surface area contributed by atoms with Crippen LogP contribution < -0.4 is 10.6 Å². The Kier molecular flexibility index (Phi) is 4.21. The van der Waals surface area contributed by atoms with E-state index in [-0.39, 0.29) is 5.84 Å². The first-order valence-electron chi connectivity index (χ1n) is 6.54. The SMILES string of the molecule is CCC1CN(c2cc(C(N)=NO)ccn2)CCN1C. The van der Waals surface area contributed by atoms with E-state index in [4.69, 9.17) is 10.9 Å². The van der Waals surface area contributed by atoms with Crippen LogP contribution in [0.25, 0.3) is 0 Å². The molecule has 3 N–H and O–H groups in total. The summed E-state index contributed by atoms with van der Waals surface area (Å²) in [5.41, 5.74) is 6.31. The van der Waals surface area contributed by atoms with Crippen molar-refractivity contribution in [1.82, 2.24) is 9.88 Å². The monoisotopic (exact) mass is 263 g/mol. The zero-order valence-corrected chi connectivity index (χ0v) is 11.5. The van der Waals surface area contributed by atoms with Gasteiger partial charge in [-0.05, 0) is 25.6 Å². The summed E-state index contributed by atoms with van der Waals surface area (Å²) in [6.45, 7) is 5.12. The van der Waals surface area contributed by atoms with E-state index in [1.807, 2.05) is 6.07 Å². The minimum Gasteiger partial charge on any atom is -0.409 e. The largest absolute Gasteiger partial charge is 0.409 e. The van der Waals surface area contributed by atoms with Gasteiger partial charge in [-0.25, -0.2) is 4.98 Å². The average molecular weight is 263 g/mol. The summed E-state index contributed by atoms with van der Waals surface area (Å²) in [5.74, 6) is 1.00. The molecule has 1 fully saturated rings. The highest BCUT2D eigenvalue weighted by Gasteiger charge is 2.23. The molecule has 2 rings (SSSR count). The number of nitrogens with two attached hydrogens (primary N) is 1. The number of pyridine rings is 1. The number of aromatic nitrogens is 1. The van der Waals surface area contributed by atoms with Crippen molar-refractivity contribution in [2.24, 2.45) is 10.9 Å². The van der Waals surface area contributed by atoms with E-state index in [0.29, 0.717) is 11.6 Å². The summed E-state index contributed by atoms with van der Waals surface area (Å²) < 4.78 is 0. The molecule has 0 amide bonds. The van der Waals surface area contributed by atoms with Crippen LogP contribution in [0.15, 0.2) is 23.5 Å². The fraction of sp³-hybridized carbons (Fsp3) is 0.538. The Morgan fingerprint density at radius 3 is 3.05 bits per heavy atom. The Labute approximate surface area is 113 Å². The number of anilines is 1. The Morgan fingerprint density at radius 1 is 1.58 bits per heavy atom. The molecule has 104 valence electrons. The number of likely N-dealkylation sites (N-methyl/N-ethyl adjacent to an activating group) is 1. The summed E-state index contributed by atoms with van der Waals surface area (Å²) in [5, 5.41) is 11.8. The maximum absolute atomic E-state index is 8.73. The quantitative estimate of drug-likeness (QED) is 0.363. The molecule has 1 aliphatic heterocycles. The van der Waals surface area contributed by atoms with E-state index in [9.17, 15) is 0 Å². The first kappa shape index (κ1) is 13.6. The normalized spacial score (nSPS) is 21.7. The molecule has 1 aromatic heterocycles. The molecule has 6 nitrogen and oxygen atoms in total. The van der Waals surface area contributed by atoms with Gasteiger partial charge >= 0.3 is 0 Å². The highest BCUT2D eigenvalue weighted by Crippen LogP contribution is 2.18. The van der Waals surface area contributed by atoms with Crippen molar-refractivity contribution < 1.29 is 5.21 Å². The lowest BCUT2D eigenvalue weighted by Gasteiger charge is -2.39. The van der Waals surface area contributed by atoms with Crippen molar-refractivity contribution in [2.75, 3.05) is 31.6 Å². The smallest absolute Gasteiger partial charge is 0.170 e. The Bertz CT molecular complexity index is 462. The summed E-state index contributed by atoms with van der Waals surface area (Å²) in [6, 6.07) is 4.15. The van der Waals surface area contributed by atoms with Gasteiger partial charge in [0.25, 0.3) is 0 Å². The minimum absolute atomic E-state index is 0.116. The standard InChI is InChI=1S/C13H21N5O/c1-3-11-9-18(7-6-17(11)2)12-8-10(4-5-15-12)13(14)16-19/h4-5,8,11,19H,3,6-7,9H2,1-2H3,(H2,14,16). The zero-order valence-electron chi connectivity index (χ0n) is 11.5. The van der Waals surface area contributed by atoms with Crippen LogP contribution in [0.4, 0.5) is 5.82 Å². The van der Waals surface area contributed by atoms with Gasteiger partial charge in [-0.1, -0.05) is 12.1 Å². The van der Waals surface area contributed by atoms with Gasteiger partial charge in [0, 0.05) is 37.4 Å². The summed E-state index contributed by atoms with van der Waals surface area (Å²) in [6.07, 6.45) is 2.81. The van der Waals surface area contributed by atoms with Crippen molar-refractivity contribution in [3.05, 3.63) is 23.9 Å². The van der Waals surface area contributed by atoms with Gasteiger partial charge in [0.1, 0.15) is 5.82 Å². The summed E-state index contributed by atoms with van der Waals surface area (Å²) in [7, 11) is 2.16. The first-order chi connectivity index (χ1) is 9.15. The predicted octanol–water partition coefficient (Wildman–Crippen LogP) is 0.706. The third-order valence-corrected chi connectivity index (χ3v) is 3.72. The number of amidine groups is 1. The van der Waals surface area contributed by atoms with Crippen molar-refractivity contribution in [1.29, 1.82) is 0 Å². The zero-order chi connectivity index (χ0) is 13.8. The van der Waals surface area contributed by atoms with Gasteiger partial charge in [-0.2, -0.15) is 0 Å². The van der Waals surface area contributed by atoms with Gasteiger partial charge in [-0.15, -0.1) is 0 Å². The fourth-order valence-corrected chi connectivity index (χ4v) is 2.40. The number of oxime groups is 1. The van der Waals surface area contributed by atoms with Crippen LogP contribution >= 0.6 is 0 Å². The lowest BCUT2D eigenvalue weighted by Crippen LogP contribution is -2.51. The first-order valence-corrected chi connectivity index (χ1v) is 6.54. The van der Waals surface area contributed by atoms with Gasteiger partial charge in [-0.3, -0.25) is 4.90 Å². The lowest BCUT2D eigenvalue weighted by molar-refractivity contribution is 0.213. The third kappa shape index (κ3) is 2.96. The molecule has 6 heteroatoms. The molecule has 19 heavy (non-hydrogen) atoms. The Balaban J connectivity index is 2.18. The lowest BCUT2D eigenvalue weighted by atomic mass is 10.1. The molecule has 1 aliphatic rings. The molecule has 1 atom stereocenters.